The highest BCUT2D eigenvalue weighted by Gasteiger charge is 2.30. The lowest BCUT2D eigenvalue weighted by Gasteiger charge is -2.33. The van der Waals surface area contributed by atoms with Gasteiger partial charge in [0.15, 0.2) is 0 Å². The quantitative estimate of drug-likeness (QED) is 0.514. The van der Waals surface area contributed by atoms with Crippen molar-refractivity contribution >= 4 is 28.4 Å². The van der Waals surface area contributed by atoms with E-state index in [4.69, 9.17) is 4.74 Å². The number of carbonyl (C=O) groups is 2. The number of aryl methyl sites for hydroxylation is 1. The standard InChI is InChI=1S/C29H38N4O4/c1-19-15-33(20(2)18-34)29(36)14-21-12-23(10-11-26(21)37-27(19)17-31(3)4)30-28(35)13-22-16-32(5)25-9-7-6-8-24(22)25/h6-12,16,19-20,27,34H,13-15,17-18H2,1-5H3,(H,30,35)/t19-,20+,27-/m0/s1. The lowest BCUT2D eigenvalue weighted by Crippen LogP contribution is -2.47. The van der Waals surface area contributed by atoms with Crippen LogP contribution in [0.2, 0.25) is 0 Å². The van der Waals surface area contributed by atoms with E-state index in [1.54, 1.807) is 4.90 Å². The molecule has 0 fully saturated rings. The maximum absolute atomic E-state index is 13.3. The lowest BCUT2D eigenvalue weighted by atomic mass is 10.0. The number of anilines is 1. The minimum Gasteiger partial charge on any atom is -0.488 e. The molecule has 0 saturated carbocycles. The first-order chi connectivity index (χ1) is 17.7. The first kappa shape index (κ1) is 26.7. The van der Waals surface area contributed by atoms with E-state index >= 15 is 0 Å². The van der Waals surface area contributed by atoms with Crippen molar-refractivity contribution in [3.05, 3.63) is 59.8 Å². The monoisotopic (exact) mass is 506 g/mol. The largest absolute Gasteiger partial charge is 0.488 e. The topological polar surface area (TPSA) is 87.0 Å². The summed E-state index contributed by atoms with van der Waals surface area (Å²) in [4.78, 5) is 30.1. The van der Waals surface area contributed by atoms with E-state index in [0.29, 0.717) is 24.5 Å². The Morgan fingerprint density at radius 3 is 2.73 bits per heavy atom. The van der Waals surface area contributed by atoms with Crippen molar-refractivity contribution in [3.8, 4) is 5.75 Å². The van der Waals surface area contributed by atoms with Crippen LogP contribution in [0.4, 0.5) is 5.69 Å². The van der Waals surface area contributed by atoms with Gasteiger partial charge in [0.2, 0.25) is 11.8 Å². The minimum atomic E-state index is -0.292. The van der Waals surface area contributed by atoms with Gasteiger partial charge in [0.1, 0.15) is 11.9 Å². The Morgan fingerprint density at radius 1 is 1.24 bits per heavy atom. The van der Waals surface area contributed by atoms with E-state index in [1.165, 1.54) is 0 Å². The van der Waals surface area contributed by atoms with Gasteiger partial charge in [0.25, 0.3) is 0 Å². The summed E-state index contributed by atoms with van der Waals surface area (Å²) in [6, 6.07) is 13.2. The van der Waals surface area contributed by atoms with Crippen molar-refractivity contribution in [2.24, 2.45) is 13.0 Å². The molecule has 198 valence electrons. The van der Waals surface area contributed by atoms with Gasteiger partial charge in [-0.25, -0.2) is 0 Å². The molecular formula is C29H38N4O4. The highest BCUT2D eigenvalue weighted by atomic mass is 16.5. The summed E-state index contributed by atoms with van der Waals surface area (Å²) in [7, 11) is 5.97. The smallest absolute Gasteiger partial charge is 0.228 e. The van der Waals surface area contributed by atoms with Gasteiger partial charge in [-0.3, -0.25) is 9.59 Å². The minimum absolute atomic E-state index is 0.0615. The number of fused-ring (bicyclic) bond motifs is 2. The Bertz CT molecular complexity index is 1270. The second-order valence-corrected chi connectivity index (χ2v) is 10.5. The van der Waals surface area contributed by atoms with E-state index in [9.17, 15) is 14.7 Å². The molecule has 0 spiro atoms. The van der Waals surface area contributed by atoms with Crippen molar-refractivity contribution in [2.45, 2.75) is 38.8 Å². The predicted molar refractivity (Wildman–Crippen MR) is 146 cm³/mol. The third-order valence-electron chi connectivity index (χ3n) is 7.08. The SMILES string of the molecule is C[C@H](CO)N1C[C@H](C)[C@H](CN(C)C)Oc2ccc(NC(=O)Cc3cn(C)c4ccccc34)cc2CC1=O. The molecule has 8 nitrogen and oxygen atoms in total. The zero-order chi connectivity index (χ0) is 26.7. The molecular weight excluding hydrogens is 468 g/mol. The molecule has 0 radical (unpaired) electrons. The van der Waals surface area contributed by atoms with Crippen molar-refractivity contribution in [1.82, 2.24) is 14.4 Å². The molecule has 0 saturated heterocycles. The zero-order valence-corrected chi connectivity index (χ0v) is 22.4. The Kier molecular flexibility index (Phi) is 8.19. The second kappa shape index (κ2) is 11.4. The molecule has 2 amide bonds. The predicted octanol–water partition coefficient (Wildman–Crippen LogP) is 3.07. The highest BCUT2D eigenvalue weighted by Crippen LogP contribution is 2.29. The molecule has 4 rings (SSSR count). The fraction of sp³-hybridized carbons (Fsp3) is 0.448. The first-order valence-electron chi connectivity index (χ1n) is 12.8. The van der Waals surface area contributed by atoms with E-state index in [-0.39, 0.29) is 49.3 Å². The number of benzene rings is 2. The van der Waals surface area contributed by atoms with E-state index in [2.05, 4.69) is 17.1 Å². The van der Waals surface area contributed by atoms with Crippen LogP contribution < -0.4 is 10.1 Å². The second-order valence-electron chi connectivity index (χ2n) is 10.5. The summed E-state index contributed by atoms with van der Waals surface area (Å²) in [5, 5.41) is 13.8. The van der Waals surface area contributed by atoms with Gasteiger partial charge in [0.05, 0.1) is 25.5 Å². The number of nitrogens with one attached hydrogen (secondary N) is 1. The number of aliphatic hydroxyl groups is 1. The van der Waals surface area contributed by atoms with Crippen molar-refractivity contribution < 1.29 is 19.4 Å². The van der Waals surface area contributed by atoms with Crippen molar-refractivity contribution in [3.63, 3.8) is 0 Å². The summed E-state index contributed by atoms with van der Waals surface area (Å²) in [5.41, 5.74) is 3.40. The number of hydrogen-bond donors (Lipinski definition) is 2. The maximum Gasteiger partial charge on any atom is 0.228 e. The summed E-state index contributed by atoms with van der Waals surface area (Å²) in [6.45, 7) is 5.02. The molecule has 2 N–H and O–H groups in total. The summed E-state index contributed by atoms with van der Waals surface area (Å²) < 4.78 is 8.49. The van der Waals surface area contributed by atoms with Crippen molar-refractivity contribution in [1.29, 1.82) is 0 Å². The third-order valence-corrected chi connectivity index (χ3v) is 7.08. The molecule has 0 aliphatic carbocycles. The molecule has 0 unspecified atom stereocenters. The number of nitrogens with zero attached hydrogens (tertiary/aromatic N) is 3. The van der Waals surface area contributed by atoms with Gasteiger partial charge in [-0.15, -0.1) is 0 Å². The number of aliphatic hydroxyl groups excluding tert-OH is 1. The lowest BCUT2D eigenvalue weighted by molar-refractivity contribution is -0.134. The van der Waals surface area contributed by atoms with Crippen LogP contribution in [0.1, 0.15) is 25.0 Å². The van der Waals surface area contributed by atoms with Gasteiger partial charge < -0.3 is 29.5 Å². The van der Waals surface area contributed by atoms with E-state index in [1.807, 2.05) is 81.3 Å². The van der Waals surface area contributed by atoms with Crippen LogP contribution in [0, 0.1) is 5.92 Å². The molecule has 1 aliphatic heterocycles. The number of likely N-dealkylation sites (N-methyl/N-ethyl adjacent to an activating group) is 1. The molecule has 1 aliphatic rings. The molecule has 37 heavy (non-hydrogen) atoms. The molecule has 2 aromatic carbocycles. The van der Waals surface area contributed by atoms with Crippen LogP contribution in [-0.4, -0.2) is 77.2 Å². The summed E-state index contributed by atoms with van der Waals surface area (Å²) >= 11 is 0. The van der Waals surface area contributed by atoms with Gasteiger partial charge >= 0.3 is 0 Å². The molecule has 3 atom stereocenters. The number of carbonyl (C=O) groups excluding carboxylic acids is 2. The van der Waals surface area contributed by atoms with Crippen LogP contribution in [-0.2, 0) is 29.5 Å². The zero-order valence-electron chi connectivity index (χ0n) is 22.4. The van der Waals surface area contributed by atoms with E-state index < -0.39 is 0 Å². The number of hydrogen-bond acceptors (Lipinski definition) is 5. The number of rotatable bonds is 7. The fourth-order valence-corrected chi connectivity index (χ4v) is 5.03. The van der Waals surface area contributed by atoms with Crippen LogP contribution in [0.3, 0.4) is 0 Å². The Morgan fingerprint density at radius 2 is 2.00 bits per heavy atom. The van der Waals surface area contributed by atoms with Crippen LogP contribution in [0.15, 0.2) is 48.7 Å². The fourth-order valence-electron chi connectivity index (χ4n) is 5.03. The van der Waals surface area contributed by atoms with Gasteiger partial charge in [-0.1, -0.05) is 25.1 Å². The van der Waals surface area contributed by atoms with Crippen molar-refractivity contribution in [2.75, 3.05) is 39.1 Å². The third kappa shape index (κ3) is 6.14. The Balaban J connectivity index is 1.58. The van der Waals surface area contributed by atoms with Gasteiger partial charge in [-0.05, 0) is 50.8 Å². The number of aromatic nitrogens is 1. The van der Waals surface area contributed by atoms with Crippen LogP contribution >= 0.6 is 0 Å². The molecule has 0 bridgehead atoms. The Labute approximate surface area is 218 Å². The Hall–Kier alpha value is -3.36. The molecule has 2 heterocycles. The molecule has 3 aromatic rings. The average Bonchev–Trinajstić information content (AvgIpc) is 3.18. The van der Waals surface area contributed by atoms with Gasteiger partial charge in [0, 0.05) is 54.4 Å². The number of para-hydroxylation sites is 1. The average molecular weight is 507 g/mol. The maximum atomic E-state index is 13.3. The highest BCUT2D eigenvalue weighted by molar-refractivity contribution is 5.96. The van der Waals surface area contributed by atoms with Crippen LogP contribution in [0.25, 0.3) is 10.9 Å². The molecule has 8 heteroatoms. The van der Waals surface area contributed by atoms with E-state index in [0.717, 1.165) is 22.0 Å². The number of ether oxygens (including phenoxy) is 1. The van der Waals surface area contributed by atoms with Gasteiger partial charge in [-0.2, -0.15) is 0 Å². The van der Waals surface area contributed by atoms with Crippen LogP contribution in [0.5, 0.6) is 5.75 Å². The normalized spacial score (nSPS) is 19.1. The summed E-state index contributed by atoms with van der Waals surface area (Å²) in [6.07, 6.45) is 2.23. The molecule has 1 aromatic heterocycles. The number of amides is 2. The first-order valence-corrected chi connectivity index (χ1v) is 12.8. The summed E-state index contributed by atoms with van der Waals surface area (Å²) in [5.74, 6) is 0.521.